The zero-order valence-electron chi connectivity index (χ0n) is 12.6. The highest BCUT2D eigenvalue weighted by Crippen LogP contribution is 2.29. The van der Waals surface area contributed by atoms with E-state index in [1.54, 1.807) is 0 Å². The molecule has 1 N–H and O–H groups in total. The van der Waals surface area contributed by atoms with Gasteiger partial charge in [0.1, 0.15) is 0 Å². The fourth-order valence-corrected chi connectivity index (χ4v) is 3.13. The first-order valence-electron chi connectivity index (χ1n) is 7.74. The Hall–Kier alpha value is -1.60. The Morgan fingerprint density at radius 3 is 2.74 bits per heavy atom. The number of amides is 1. The minimum Gasteiger partial charge on any atom is -0.373 e. The fourth-order valence-electron chi connectivity index (χ4n) is 3.13. The van der Waals surface area contributed by atoms with E-state index in [0.29, 0.717) is 19.2 Å². The van der Waals surface area contributed by atoms with Crippen molar-refractivity contribution in [2.24, 2.45) is 0 Å². The third kappa shape index (κ3) is 3.84. The number of ether oxygens (including phenoxy) is 1. The lowest BCUT2D eigenvalue weighted by Gasteiger charge is -2.35. The Bertz CT molecular complexity index is 559. The van der Waals surface area contributed by atoms with E-state index >= 15 is 0 Å². The standard InChI is InChI=1S/C16H19F3N2O2/c17-16(18,19)12-5-3-11(4-6-12)15(22)20-8-14-9-21-7-1-2-13(21)10-23-14/h3-6,13-14H,1-2,7-10H2,(H,20,22). The van der Waals surface area contributed by atoms with Crippen molar-refractivity contribution in [2.45, 2.75) is 31.2 Å². The molecule has 0 aromatic heterocycles. The van der Waals surface area contributed by atoms with Crippen LogP contribution in [0.2, 0.25) is 0 Å². The molecule has 0 saturated carbocycles. The average molecular weight is 328 g/mol. The molecule has 0 bridgehead atoms. The lowest BCUT2D eigenvalue weighted by Crippen LogP contribution is -2.50. The third-order valence-electron chi connectivity index (χ3n) is 4.43. The summed E-state index contributed by atoms with van der Waals surface area (Å²) in [5.74, 6) is -0.383. The predicted octanol–water partition coefficient (Wildman–Crippen LogP) is 2.30. The lowest BCUT2D eigenvalue weighted by atomic mass is 10.1. The molecule has 0 radical (unpaired) electrons. The van der Waals surface area contributed by atoms with Gasteiger partial charge in [0.2, 0.25) is 0 Å². The van der Waals surface area contributed by atoms with Gasteiger partial charge in [0, 0.05) is 24.7 Å². The van der Waals surface area contributed by atoms with Crippen LogP contribution < -0.4 is 5.32 Å². The van der Waals surface area contributed by atoms with Crippen LogP contribution in [0.4, 0.5) is 13.2 Å². The molecule has 7 heteroatoms. The maximum absolute atomic E-state index is 12.5. The molecule has 1 aromatic carbocycles. The van der Waals surface area contributed by atoms with Crippen LogP contribution in [0.15, 0.2) is 24.3 Å². The first kappa shape index (κ1) is 16.3. The summed E-state index contributed by atoms with van der Waals surface area (Å²) >= 11 is 0. The minimum atomic E-state index is -4.39. The van der Waals surface area contributed by atoms with Crippen molar-refractivity contribution < 1.29 is 22.7 Å². The van der Waals surface area contributed by atoms with Crippen molar-refractivity contribution in [3.05, 3.63) is 35.4 Å². The Labute approximate surface area is 132 Å². The van der Waals surface area contributed by atoms with Gasteiger partial charge in [-0.2, -0.15) is 13.2 Å². The van der Waals surface area contributed by atoms with Gasteiger partial charge in [-0.1, -0.05) is 0 Å². The molecule has 126 valence electrons. The highest BCUT2D eigenvalue weighted by molar-refractivity contribution is 5.94. The van der Waals surface area contributed by atoms with Crippen LogP contribution in [-0.2, 0) is 10.9 Å². The molecule has 2 fully saturated rings. The van der Waals surface area contributed by atoms with Crippen LogP contribution in [0.25, 0.3) is 0 Å². The minimum absolute atomic E-state index is 0.0669. The normalized spacial score (nSPS) is 25.2. The summed E-state index contributed by atoms with van der Waals surface area (Å²) in [5, 5.41) is 2.73. The second-order valence-electron chi connectivity index (χ2n) is 6.03. The van der Waals surface area contributed by atoms with Gasteiger partial charge in [-0.05, 0) is 43.7 Å². The average Bonchev–Trinajstić information content (AvgIpc) is 2.99. The van der Waals surface area contributed by atoms with Crippen LogP contribution in [0.3, 0.4) is 0 Å². The van der Waals surface area contributed by atoms with Crippen molar-refractivity contribution in [1.29, 1.82) is 0 Å². The molecular weight excluding hydrogens is 309 g/mol. The van der Waals surface area contributed by atoms with Gasteiger partial charge >= 0.3 is 6.18 Å². The summed E-state index contributed by atoms with van der Waals surface area (Å²) < 4.78 is 43.2. The van der Waals surface area contributed by atoms with Crippen LogP contribution in [-0.4, -0.2) is 49.2 Å². The monoisotopic (exact) mass is 328 g/mol. The molecule has 2 aliphatic rings. The largest absolute Gasteiger partial charge is 0.416 e. The molecule has 3 rings (SSSR count). The number of carbonyl (C=O) groups excluding carboxylic acids is 1. The molecule has 0 spiro atoms. The van der Waals surface area contributed by atoms with Gasteiger partial charge in [0.05, 0.1) is 18.3 Å². The van der Waals surface area contributed by atoms with Crippen molar-refractivity contribution in [3.8, 4) is 0 Å². The van der Waals surface area contributed by atoms with Crippen LogP contribution in [0, 0.1) is 0 Å². The number of nitrogens with one attached hydrogen (secondary N) is 1. The molecule has 2 atom stereocenters. The van der Waals surface area contributed by atoms with Gasteiger partial charge in [0.15, 0.2) is 0 Å². The molecule has 2 aliphatic heterocycles. The summed E-state index contributed by atoms with van der Waals surface area (Å²) in [7, 11) is 0. The number of nitrogens with zero attached hydrogens (tertiary/aromatic N) is 1. The van der Waals surface area contributed by atoms with E-state index in [4.69, 9.17) is 4.74 Å². The number of rotatable bonds is 3. The molecule has 2 heterocycles. The quantitative estimate of drug-likeness (QED) is 0.926. The maximum atomic E-state index is 12.5. The highest BCUT2D eigenvalue weighted by atomic mass is 19.4. The molecule has 23 heavy (non-hydrogen) atoms. The van der Waals surface area contributed by atoms with Gasteiger partial charge in [-0.15, -0.1) is 0 Å². The maximum Gasteiger partial charge on any atom is 0.416 e. The fraction of sp³-hybridized carbons (Fsp3) is 0.562. The first-order valence-corrected chi connectivity index (χ1v) is 7.74. The number of carbonyl (C=O) groups is 1. The van der Waals surface area contributed by atoms with E-state index in [0.717, 1.165) is 31.6 Å². The Morgan fingerprint density at radius 2 is 2.04 bits per heavy atom. The van der Waals surface area contributed by atoms with Gasteiger partial charge in [-0.3, -0.25) is 9.69 Å². The first-order chi connectivity index (χ1) is 10.9. The number of hydrogen-bond donors (Lipinski definition) is 1. The van der Waals surface area contributed by atoms with E-state index in [1.807, 2.05) is 0 Å². The van der Waals surface area contributed by atoms with Crippen LogP contribution in [0.5, 0.6) is 0 Å². The summed E-state index contributed by atoms with van der Waals surface area (Å²) in [6, 6.07) is 4.71. The van der Waals surface area contributed by atoms with E-state index in [1.165, 1.54) is 18.6 Å². The number of alkyl halides is 3. The smallest absolute Gasteiger partial charge is 0.373 e. The molecule has 2 saturated heterocycles. The molecule has 1 aromatic rings. The summed E-state index contributed by atoms with van der Waals surface area (Å²) in [5.41, 5.74) is -0.544. The van der Waals surface area contributed by atoms with Crippen molar-refractivity contribution in [2.75, 3.05) is 26.2 Å². The summed E-state index contributed by atoms with van der Waals surface area (Å²) in [6.45, 7) is 2.90. The van der Waals surface area contributed by atoms with Crippen LogP contribution >= 0.6 is 0 Å². The van der Waals surface area contributed by atoms with Gasteiger partial charge in [-0.25, -0.2) is 0 Å². The predicted molar refractivity (Wildman–Crippen MR) is 78.1 cm³/mol. The molecule has 1 amide bonds. The van der Waals surface area contributed by atoms with E-state index in [2.05, 4.69) is 10.2 Å². The molecule has 0 aliphatic carbocycles. The number of morpholine rings is 1. The van der Waals surface area contributed by atoms with Crippen LogP contribution in [0.1, 0.15) is 28.8 Å². The number of halogens is 3. The number of benzene rings is 1. The SMILES string of the molecule is O=C(NCC1CN2CCCC2CO1)c1ccc(C(F)(F)F)cc1. The molecule has 4 nitrogen and oxygen atoms in total. The molecular formula is C16H19F3N2O2. The second kappa shape index (κ2) is 6.49. The number of hydrogen-bond acceptors (Lipinski definition) is 3. The summed E-state index contributed by atoms with van der Waals surface area (Å²) in [4.78, 5) is 14.4. The van der Waals surface area contributed by atoms with Crippen molar-refractivity contribution >= 4 is 5.91 Å². The Morgan fingerprint density at radius 1 is 1.30 bits per heavy atom. The Kier molecular flexibility index (Phi) is 4.59. The lowest BCUT2D eigenvalue weighted by molar-refractivity contribution is -0.137. The molecule has 2 unspecified atom stereocenters. The highest BCUT2D eigenvalue weighted by Gasteiger charge is 2.32. The van der Waals surface area contributed by atoms with Crippen molar-refractivity contribution in [3.63, 3.8) is 0 Å². The third-order valence-corrected chi connectivity index (χ3v) is 4.43. The van der Waals surface area contributed by atoms with E-state index in [9.17, 15) is 18.0 Å². The van der Waals surface area contributed by atoms with Gasteiger partial charge in [0.25, 0.3) is 5.91 Å². The Balaban J connectivity index is 1.51. The van der Waals surface area contributed by atoms with E-state index in [-0.39, 0.29) is 17.6 Å². The topological polar surface area (TPSA) is 41.6 Å². The van der Waals surface area contributed by atoms with Crippen molar-refractivity contribution in [1.82, 2.24) is 10.2 Å². The second-order valence-corrected chi connectivity index (χ2v) is 6.03. The number of fused-ring (bicyclic) bond motifs is 1. The van der Waals surface area contributed by atoms with E-state index < -0.39 is 11.7 Å². The zero-order chi connectivity index (χ0) is 16.4. The summed E-state index contributed by atoms with van der Waals surface area (Å²) in [6.07, 6.45) is -2.12. The zero-order valence-corrected chi connectivity index (χ0v) is 12.6. The van der Waals surface area contributed by atoms with Gasteiger partial charge < -0.3 is 10.1 Å².